The fourth-order valence-corrected chi connectivity index (χ4v) is 1.97. The number of aromatic amines is 1. The van der Waals surface area contributed by atoms with Crippen molar-refractivity contribution in [2.45, 2.75) is 27.2 Å². The molecule has 0 aliphatic heterocycles. The van der Waals surface area contributed by atoms with Gasteiger partial charge in [-0.05, 0) is 36.1 Å². The van der Waals surface area contributed by atoms with E-state index in [1.165, 1.54) is 6.07 Å². The minimum absolute atomic E-state index is 0.119. The van der Waals surface area contributed by atoms with E-state index in [-0.39, 0.29) is 16.9 Å². The second-order valence-electron chi connectivity index (χ2n) is 6.40. The Balaban J connectivity index is 2.10. The first kappa shape index (κ1) is 15.9. The smallest absolute Gasteiger partial charge is 0.261 e. The lowest BCUT2D eigenvalue weighted by Crippen LogP contribution is -2.31. The number of nitrogens with one attached hydrogen (secondary N) is 2. The molecule has 0 saturated carbocycles. The van der Waals surface area contributed by atoms with E-state index in [1.54, 1.807) is 24.4 Å². The number of pyridine rings is 2. The first-order valence-corrected chi connectivity index (χ1v) is 7.30. The minimum atomic E-state index is -0.406. The molecule has 0 aromatic carbocycles. The van der Waals surface area contributed by atoms with Crippen molar-refractivity contribution < 1.29 is 4.79 Å². The van der Waals surface area contributed by atoms with E-state index in [0.717, 1.165) is 6.42 Å². The van der Waals surface area contributed by atoms with Crippen molar-refractivity contribution in [1.29, 1.82) is 0 Å². The molecule has 0 radical (unpaired) electrons. The average Bonchev–Trinajstić information content (AvgIpc) is 2.46. The van der Waals surface area contributed by atoms with Gasteiger partial charge in [0, 0.05) is 12.7 Å². The highest BCUT2D eigenvalue weighted by Gasteiger charge is 2.14. The second kappa shape index (κ2) is 6.56. The van der Waals surface area contributed by atoms with Gasteiger partial charge in [-0.2, -0.15) is 0 Å². The van der Waals surface area contributed by atoms with Gasteiger partial charge in [0.25, 0.3) is 11.5 Å². The summed E-state index contributed by atoms with van der Waals surface area (Å²) in [6, 6.07) is 8.68. The van der Waals surface area contributed by atoms with Crippen LogP contribution in [0.25, 0.3) is 11.4 Å². The molecule has 116 valence electrons. The number of hydrogen-bond donors (Lipinski definition) is 2. The molecule has 5 nitrogen and oxygen atoms in total. The highest BCUT2D eigenvalue weighted by atomic mass is 16.2. The zero-order chi connectivity index (χ0) is 16.2. The maximum atomic E-state index is 12.1. The molecular weight excluding hydrogens is 278 g/mol. The van der Waals surface area contributed by atoms with Gasteiger partial charge in [0.1, 0.15) is 5.56 Å². The van der Waals surface area contributed by atoms with Gasteiger partial charge < -0.3 is 10.3 Å². The van der Waals surface area contributed by atoms with E-state index >= 15 is 0 Å². The molecule has 2 heterocycles. The van der Waals surface area contributed by atoms with Gasteiger partial charge in [0.05, 0.1) is 11.4 Å². The van der Waals surface area contributed by atoms with E-state index in [4.69, 9.17) is 0 Å². The average molecular weight is 299 g/mol. The summed E-state index contributed by atoms with van der Waals surface area (Å²) in [5.74, 6) is -0.349. The SMILES string of the molecule is CC(C)(C)CCNC(=O)c1ccc(-c2ccccn2)[nH]c1=O. The van der Waals surface area contributed by atoms with Gasteiger partial charge in [-0.1, -0.05) is 26.8 Å². The highest BCUT2D eigenvalue weighted by molar-refractivity contribution is 5.94. The van der Waals surface area contributed by atoms with Crippen LogP contribution in [0.1, 0.15) is 37.6 Å². The van der Waals surface area contributed by atoms with Gasteiger partial charge >= 0.3 is 0 Å². The van der Waals surface area contributed by atoms with Crippen LogP contribution in [0.2, 0.25) is 0 Å². The Labute approximate surface area is 129 Å². The number of aromatic nitrogens is 2. The molecule has 1 amide bonds. The number of carbonyl (C=O) groups excluding carboxylic acids is 1. The van der Waals surface area contributed by atoms with Gasteiger partial charge in [-0.15, -0.1) is 0 Å². The number of H-pyrrole nitrogens is 1. The third kappa shape index (κ3) is 4.28. The maximum Gasteiger partial charge on any atom is 0.261 e. The van der Waals surface area contributed by atoms with Crippen molar-refractivity contribution in [1.82, 2.24) is 15.3 Å². The molecule has 0 aliphatic carbocycles. The first-order valence-electron chi connectivity index (χ1n) is 7.30. The minimum Gasteiger partial charge on any atom is -0.352 e. The summed E-state index contributed by atoms with van der Waals surface area (Å²) in [6.07, 6.45) is 2.50. The van der Waals surface area contributed by atoms with Gasteiger partial charge in [0.15, 0.2) is 0 Å². The van der Waals surface area contributed by atoms with Crippen LogP contribution in [-0.4, -0.2) is 22.4 Å². The Morgan fingerprint density at radius 2 is 2.00 bits per heavy atom. The summed E-state index contributed by atoms with van der Waals surface area (Å²) in [6.45, 7) is 6.86. The van der Waals surface area contributed by atoms with Gasteiger partial charge in [-0.25, -0.2) is 0 Å². The first-order chi connectivity index (χ1) is 10.4. The normalized spacial score (nSPS) is 11.2. The van der Waals surface area contributed by atoms with Crippen LogP contribution in [0.5, 0.6) is 0 Å². The Hall–Kier alpha value is -2.43. The largest absolute Gasteiger partial charge is 0.352 e. The van der Waals surface area contributed by atoms with E-state index in [2.05, 4.69) is 36.1 Å². The highest BCUT2D eigenvalue weighted by Crippen LogP contribution is 2.17. The van der Waals surface area contributed by atoms with Crippen LogP contribution in [-0.2, 0) is 0 Å². The van der Waals surface area contributed by atoms with Crippen molar-refractivity contribution in [2.75, 3.05) is 6.54 Å². The predicted molar refractivity (Wildman–Crippen MR) is 86.7 cm³/mol. The molecule has 0 fully saturated rings. The van der Waals surface area contributed by atoms with Crippen LogP contribution < -0.4 is 10.9 Å². The topological polar surface area (TPSA) is 74.8 Å². The number of amides is 1. The van der Waals surface area contributed by atoms with Crippen molar-refractivity contribution in [3.05, 3.63) is 52.4 Å². The van der Waals surface area contributed by atoms with Crippen molar-refractivity contribution in [3.8, 4) is 11.4 Å². The molecule has 2 N–H and O–H groups in total. The third-order valence-corrected chi connectivity index (χ3v) is 3.26. The van der Waals surface area contributed by atoms with Crippen LogP contribution in [0, 0.1) is 5.41 Å². The summed E-state index contributed by atoms with van der Waals surface area (Å²) in [5.41, 5.74) is 1.11. The monoisotopic (exact) mass is 299 g/mol. The van der Waals surface area contributed by atoms with Crippen LogP contribution in [0.15, 0.2) is 41.3 Å². The Morgan fingerprint density at radius 1 is 1.23 bits per heavy atom. The number of carbonyl (C=O) groups is 1. The standard InChI is InChI=1S/C17H21N3O2/c1-17(2,3)9-11-19-15(21)12-7-8-14(20-16(12)22)13-6-4-5-10-18-13/h4-8,10H,9,11H2,1-3H3,(H,19,21)(H,20,22). The lowest BCUT2D eigenvalue weighted by molar-refractivity contribution is 0.0948. The van der Waals surface area contributed by atoms with Gasteiger partial charge in [-0.3, -0.25) is 14.6 Å². The molecule has 2 aromatic rings. The van der Waals surface area contributed by atoms with E-state index in [9.17, 15) is 9.59 Å². The quantitative estimate of drug-likeness (QED) is 0.911. The molecule has 22 heavy (non-hydrogen) atoms. The Bertz CT molecular complexity index is 700. The molecular formula is C17H21N3O2. The summed E-state index contributed by atoms with van der Waals surface area (Å²) in [4.78, 5) is 31.0. The predicted octanol–water partition coefficient (Wildman–Crippen LogP) is 2.60. The molecule has 0 spiro atoms. The third-order valence-electron chi connectivity index (χ3n) is 3.26. The van der Waals surface area contributed by atoms with Gasteiger partial charge in [0.2, 0.25) is 0 Å². The lowest BCUT2D eigenvalue weighted by atomic mass is 9.92. The zero-order valence-corrected chi connectivity index (χ0v) is 13.1. The molecule has 0 aliphatic rings. The second-order valence-corrected chi connectivity index (χ2v) is 6.40. The Kier molecular flexibility index (Phi) is 4.75. The Morgan fingerprint density at radius 3 is 2.59 bits per heavy atom. The fraction of sp³-hybridized carbons (Fsp3) is 0.353. The van der Waals surface area contributed by atoms with E-state index in [0.29, 0.717) is 17.9 Å². The molecule has 2 aromatic heterocycles. The van der Waals surface area contributed by atoms with Crippen molar-refractivity contribution in [2.24, 2.45) is 5.41 Å². The fourth-order valence-electron chi connectivity index (χ4n) is 1.97. The maximum absolute atomic E-state index is 12.1. The molecule has 2 rings (SSSR count). The van der Waals surface area contributed by atoms with Crippen molar-refractivity contribution >= 4 is 5.91 Å². The molecule has 0 saturated heterocycles. The molecule has 0 atom stereocenters. The molecule has 5 heteroatoms. The number of hydrogen-bond acceptors (Lipinski definition) is 3. The van der Waals surface area contributed by atoms with Crippen LogP contribution in [0.3, 0.4) is 0 Å². The lowest BCUT2D eigenvalue weighted by Gasteiger charge is -2.17. The van der Waals surface area contributed by atoms with Crippen molar-refractivity contribution in [3.63, 3.8) is 0 Å². The summed E-state index contributed by atoms with van der Waals surface area (Å²) >= 11 is 0. The zero-order valence-electron chi connectivity index (χ0n) is 13.1. The number of nitrogens with zero attached hydrogens (tertiary/aromatic N) is 1. The molecule has 0 unspecified atom stereocenters. The number of rotatable bonds is 4. The van der Waals surface area contributed by atoms with E-state index in [1.807, 2.05) is 6.07 Å². The summed E-state index contributed by atoms with van der Waals surface area (Å²) in [7, 11) is 0. The summed E-state index contributed by atoms with van der Waals surface area (Å²) < 4.78 is 0. The van der Waals surface area contributed by atoms with E-state index < -0.39 is 5.56 Å². The summed E-state index contributed by atoms with van der Waals surface area (Å²) in [5, 5.41) is 2.78. The molecule has 0 bridgehead atoms. The van der Waals surface area contributed by atoms with Crippen LogP contribution in [0.4, 0.5) is 0 Å². The van der Waals surface area contributed by atoms with Crippen LogP contribution >= 0.6 is 0 Å².